The molecule has 5 rings (SSSR count). The summed E-state index contributed by atoms with van der Waals surface area (Å²) in [4.78, 5) is 23.1. The molecule has 3 aromatic rings. The minimum absolute atomic E-state index is 0.134. The minimum atomic E-state index is -0.477. The summed E-state index contributed by atoms with van der Waals surface area (Å²) in [5, 5.41) is 4.77. The van der Waals surface area contributed by atoms with E-state index in [2.05, 4.69) is 4.90 Å². The van der Waals surface area contributed by atoms with E-state index in [0.29, 0.717) is 19.9 Å². The maximum absolute atomic E-state index is 14.6. The summed E-state index contributed by atoms with van der Waals surface area (Å²) in [6.07, 6.45) is 4.67. The Bertz CT molecular complexity index is 1180. The first kappa shape index (κ1) is 22.2. The molecule has 2 saturated heterocycles. The van der Waals surface area contributed by atoms with Gasteiger partial charge in [0, 0.05) is 35.8 Å². The lowest BCUT2D eigenvalue weighted by Gasteiger charge is -2.35. The largest absolute Gasteiger partial charge is 0.359 e. The summed E-state index contributed by atoms with van der Waals surface area (Å²) in [6.45, 7) is 6.70. The van der Waals surface area contributed by atoms with Crippen LogP contribution in [0.4, 0.5) is 10.2 Å². The van der Waals surface area contributed by atoms with Crippen molar-refractivity contribution in [3.05, 3.63) is 53.1 Å². The van der Waals surface area contributed by atoms with Crippen LogP contribution >= 0.6 is 11.8 Å². The average molecular weight is 470 g/mol. The quantitative estimate of drug-likeness (QED) is 0.515. The number of rotatable bonds is 5. The van der Waals surface area contributed by atoms with Gasteiger partial charge in [-0.05, 0) is 50.1 Å². The van der Waals surface area contributed by atoms with Crippen molar-refractivity contribution in [1.82, 2.24) is 19.5 Å². The fourth-order valence-corrected chi connectivity index (χ4v) is 5.34. The van der Waals surface area contributed by atoms with Crippen LogP contribution in [0.25, 0.3) is 5.65 Å². The highest BCUT2D eigenvalue weighted by Gasteiger charge is 2.32. The Labute approximate surface area is 196 Å². The van der Waals surface area contributed by atoms with Gasteiger partial charge in [-0.15, -0.1) is 11.8 Å². The normalized spacial score (nSPS) is 18.9. The zero-order valence-corrected chi connectivity index (χ0v) is 19.8. The smallest absolute Gasteiger partial charge is 0.257 e. The van der Waals surface area contributed by atoms with Gasteiger partial charge in [-0.2, -0.15) is 5.10 Å². The fourth-order valence-electron chi connectivity index (χ4n) is 4.64. The lowest BCUT2D eigenvalue weighted by molar-refractivity contribution is 0.0600. The number of carbonyl (C=O) groups excluding carboxylic acids is 1. The Morgan fingerprint density at radius 3 is 2.94 bits per heavy atom. The van der Waals surface area contributed by atoms with Crippen LogP contribution in [-0.4, -0.2) is 57.6 Å². The minimum Gasteiger partial charge on any atom is -0.359 e. The van der Waals surface area contributed by atoms with Crippen LogP contribution in [0.2, 0.25) is 0 Å². The van der Waals surface area contributed by atoms with Gasteiger partial charge in [-0.25, -0.2) is 13.9 Å². The van der Waals surface area contributed by atoms with Crippen LogP contribution in [0, 0.1) is 12.7 Å². The van der Waals surface area contributed by atoms with E-state index in [4.69, 9.17) is 14.8 Å². The first-order valence-electron chi connectivity index (χ1n) is 11.5. The lowest BCUT2D eigenvalue weighted by atomic mass is 9.98. The average Bonchev–Trinajstić information content (AvgIpc) is 3.49. The van der Waals surface area contributed by atoms with Gasteiger partial charge in [-0.3, -0.25) is 4.79 Å². The molecule has 0 aliphatic carbocycles. The highest BCUT2D eigenvalue weighted by atomic mass is 32.2. The number of thioether (sulfide) groups is 1. The SMILES string of the molecule is CCSc1ccc(F)c(C(=O)N2CCCCC2c2cc3nc(N4CCOC4)c(C)cn3n2)c1. The Balaban J connectivity index is 1.47. The second-order valence-electron chi connectivity index (χ2n) is 8.51. The molecule has 2 fully saturated rings. The van der Waals surface area contributed by atoms with E-state index in [0.717, 1.165) is 59.2 Å². The summed E-state index contributed by atoms with van der Waals surface area (Å²) in [5.41, 5.74) is 2.69. The molecule has 0 saturated carbocycles. The van der Waals surface area contributed by atoms with E-state index in [9.17, 15) is 9.18 Å². The molecule has 2 aliphatic heterocycles. The molecule has 1 atom stereocenters. The fraction of sp³-hybridized carbons (Fsp3) is 0.458. The zero-order valence-electron chi connectivity index (χ0n) is 19.0. The van der Waals surface area contributed by atoms with Crippen molar-refractivity contribution < 1.29 is 13.9 Å². The van der Waals surface area contributed by atoms with Crippen molar-refractivity contribution in [3.63, 3.8) is 0 Å². The standard InChI is InChI=1S/C24H28FN5O2S/c1-3-33-17-7-8-19(25)18(12-17)24(31)29-9-5-4-6-21(29)20-13-22-26-23(28-10-11-32-15-28)16(2)14-30(22)27-20/h7-8,12-14,21H,3-6,9-11,15H2,1-2H3. The molecule has 1 unspecified atom stereocenters. The molecule has 0 spiro atoms. The number of fused-ring (bicyclic) bond motifs is 1. The molecule has 0 N–H and O–H groups in total. The number of carbonyl (C=O) groups is 1. The molecular formula is C24H28FN5O2S. The third-order valence-electron chi connectivity index (χ3n) is 6.26. The Morgan fingerprint density at radius 2 is 2.15 bits per heavy atom. The third kappa shape index (κ3) is 4.31. The van der Waals surface area contributed by atoms with Gasteiger partial charge in [0.1, 0.15) is 18.4 Å². The third-order valence-corrected chi connectivity index (χ3v) is 7.14. The molecule has 9 heteroatoms. The maximum atomic E-state index is 14.6. The number of anilines is 1. The summed E-state index contributed by atoms with van der Waals surface area (Å²) >= 11 is 1.60. The number of halogens is 1. The van der Waals surface area contributed by atoms with Gasteiger partial charge >= 0.3 is 0 Å². The van der Waals surface area contributed by atoms with Crippen LogP contribution in [0.15, 0.2) is 35.4 Å². The second kappa shape index (κ2) is 9.30. The number of piperidine rings is 1. The zero-order chi connectivity index (χ0) is 22.9. The van der Waals surface area contributed by atoms with E-state index >= 15 is 0 Å². The van der Waals surface area contributed by atoms with Crippen LogP contribution in [0.1, 0.15) is 53.8 Å². The molecule has 2 aromatic heterocycles. The van der Waals surface area contributed by atoms with Gasteiger partial charge in [0.2, 0.25) is 0 Å². The Hall–Kier alpha value is -2.65. The highest BCUT2D eigenvalue weighted by Crippen LogP contribution is 2.33. The van der Waals surface area contributed by atoms with E-state index in [1.165, 1.54) is 6.07 Å². The Kier molecular flexibility index (Phi) is 6.25. The maximum Gasteiger partial charge on any atom is 0.257 e. The number of hydrogen-bond acceptors (Lipinski definition) is 6. The summed E-state index contributed by atoms with van der Waals surface area (Å²) in [7, 11) is 0. The van der Waals surface area contributed by atoms with Crippen molar-refractivity contribution in [3.8, 4) is 0 Å². The Morgan fingerprint density at radius 1 is 1.27 bits per heavy atom. The van der Waals surface area contributed by atoms with Crippen LogP contribution in [-0.2, 0) is 4.74 Å². The molecule has 0 radical (unpaired) electrons. The van der Waals surface area contributed by atoms with E-state index in [1.54, 1.807) is 33.3 Å². The van der Waals surface area contributed by atoms with Crippen LogP contribution in [0.3, 0.4) is 0 Å². The van der Waals surface area contributed by atoms with Gasteiger partial charge < -0.3 is 14.5 Å². The number of hydrogen-bond donors (Lipinski definition) is 0. The number of amides is 1. The number of aromatic nitrogens is 3. The molecule has 33 heavy (non-hydrogen) atoms. The first-order valence-corrected chi connectivity index (χ1v) is 12.5. The van der Waals surface area contributed by atoms with Crippen LogP contribution < -0.4 is 4.90 Å². The van der Waals surface area contributed by atoms with E-state index in [-0.39, 0.29) is 17.5 Å². The number of ether oxygens (including phenoxy) is 1. The van der Waals surface area contributed by atoms with Crippen molar-refractivity contribution >= 4 is 29.1 Å². The highest BCUT2D eigenvalue weighted by molar-refractivity contribution is 7.99. The second-order valence-corrected chi connectivity index (χ2v) is 9.84. The number of likely N-dealkylation sites (tertiary alicyclic amines) is 1. The van der Waals surface area contributed by atoms with Crippen molar-refractivity contribution in [2.75, 3.05) is 37.1 Å². The van der Waals surface area contributed by atoms with Gasteiger partial charge in [0.25, 0.3) is 5.91 Å². The molecule has 1 aromatic carbocycles. The lowest BCUT2D eigenvalue weighted by Crippen LogP contribution is -2.39. The molecule has 4 heterocycles. The van der Waals surface area contributed by atoms with Gasteiger partial charge in [-0.1, -0.05) is 6.92 Å². The van der Waals surface area contributed by atoms with E-state index in [1.807, 2.05) is 26.1 Å². The number of aryl methyl sites for hydroxylation is 1. The first-order chi connectivity index (χ1) is 16.0. The predicted octanol–water partition coefficient (Wildman–Crippen LogP) is 4.45. The van der Waals surface area contributed by atoms with E-state index < -0.39 is 5.82 Å². The van der Waals surface area contributed by atoms with Gasteiger partial charge in [0.05, 0.1) is 23.9 Å². The number of benzene rings is 1. The van der Waals surface area contributed by atoms with Crippen molar-refractivity contribution in [2.45, 2.75) is 44.0 Å². The predicted molar refractivity (Wildman–Crippen MR) is 126 cm³/mol. The molecule has 2 aliphatic rings. The number of nitrogens with zero attached hydrogens (tertiary/aromatic N) is 5. The molecule has 1 amide bonds. The van der Waals surface area contributed by atoms with Crippen molar-refractivity contribution in [1.29, 1.82) is 0 Å². The molecule has 174 valence electrons. The molecule has 0 bridgehead atoms. The van der Waals surface area contributed by atoms with Crippen LogP contribution in [0.5, 0.6) is 0 Å². The van der Waals surface area contributed by atoms with Gasteiger partial charge in [0.15, 0.2) is 5.65 Å². The topological polar surface area (TPSA) is 63.0 Å². The monoisotopic (exact) mass is 469 g/mol. The summed E-state index contributed by atoms with van der Waals surface area (Å²) in [5.74, 6) is 1.02. The summed E-state index contributed by atoms with van der Waals surface area (Å²) in [6, 6.07) is 6.55. The molecule has 7 nitrogen and oxygen atoms in total. The van der Waals surface area contributed by atoms with Crippen molar-refractivity contribution in [2.24, 2.45) is 0 Å². The molecular weight excluding hydrogens is 441 g/mol. The summed E-state index contributed by atoms with van der Waals surface area (Å²) < 4.78 is 21.9.